The highest BCUT2D eigenvalue weighted by Gasteiger charge is 2.32. The summed E-state index contributed by atoms with van der Waals surface area (Å²) in [6, 6.07) is 6.59. The Labute approximate surface area is 191 Å². The molecule has 1 aliphatic carbocycles. The van der Waals surface area contributed by atoms with Gasteiger partial charge in [-0.3, -0.25) is 8.98 Å². The van der Waals surface area contributed by atoms with Gasteiger partial charge < -0.3 is 14.2 Å². The van der Waals surface area contributed by atoms with Crippen LogP contribution in [0.5, 0.6) is 0 Å². The lowest BCUT2D eigenvalue weighted by Gasteiger charge is -2.32. The van der Waals surface area contributed by atoms with E-state index < -0.39 is 16.2 Å². The van der Waals surface area contributed by atoms with Gasteiger partial charge in [0.2, 0.25) is 0 Å². The zero-order chi connectivity index (χ0) is 23.0. The highest BCUT2D eigenvalue weighted by Crippen LogP contribution is 2.31. The number of carbonyl (C=O) groups excluding carboxylic acids is 1. The van der Waals surface area contributed by atoms with Crippen LogP contribution in [0.4, 0.5) is 0 Å². The largest absolute Gasteiger partial charge is 0.462 e. The maximum Gasteiger partial charge on any atom is 0.302 e. The molecule has 32 heavy (non-hydrogen) atoms. The predicted octanol–water partition coefficient (Wildman–Crippen LogP) is 4.51. The number of hydrogen-bond acceptors (Lipinski definition) is 7. The smallest absolute Gasteiger partial charge is 0.302 e. The fourth-order valence-electron chi connectivity index (χ4n) is 4.46. The van der Waals surface area contributed by atoms with Crippen molar-refractivity contribution in [2.75, 3.05) is 13.2 Å². The van der Waals surface area contributed by atoms with Gasteiger partial charge in [-0.2, -0.15) is 8.42 Å². The van der Waals surface area contributed by atoms with Crippen molar-refractivity contribution in [1.82, 2.24) is 0 Å². The molecular weight excluding hydrogens is 432 g/mol. The lowest BCUT2D eigenvalue weighted by molar-refractivity contribution is -0.198. The Hall–Kier alpha value is -1.48. The molecule has 0 aromatic heterocycles. The third-order valence-corrected chi connectivity index (χ3v) is 7.47. The van der Waals surface area contributed by atoms with Gasteiger partial charge in [-0.05, 0) is 69.9 Å². The summed E-state index contributed by atoms with van der Waals surface area (Å²) in [6.45, 7) is 3.87. The predicted molar refractivity (Wildman–Crippen MR) is 120 cm³/mol. The van der Waals surface area contributed by atoms with Crippen LogP contribution in [-0.2, 0) is 33.3 Å². The van der Waals surface area contributed by atoms with Crippen LogP contribution in [0.15, 0.2) is 29.2 Å². The number of ether oxygens (including phenoxy) is 3. The van der Waals surface area contributed by atoms with Crippen LogP contribution >= 0.6 is 0 Å². The van der Waals surface area contributed by atoms with Crippen LogP contribution in [0, 0.1) is 12.8 Å². The molecular formula is C24H36O7S. The van der Waals surface area contributed by atoms with E-state index in [-0.39, 0.29) is 35.8 Å². The summed E-state index contributed by atoms with van der Waals surface area (Å²) in [6.07, 6.45) is 7.23. The van der Waals surface area contributed by atoms with E-state index in [0.29, 0.717) is 13.0 Å². The van der Waals surface area contributed by atoms with Gasteiger partial charge in [0, 0.05) is 13.5 Å². The second-order valence-corrected chi connectivity index (χ2v) is 10.5. The summed E-state index contributed by atoms with van der Waals surface area (Å²) >= 11 is 0. The Morgan fingerprint density at radius 1 is 1.06 bits per heavy atom. The molecule has 2 aliphatic rings. The van der Waals surface area contributed by atoms with Gasteiger partial charge in [-0.1, -0.05) is 30.5 Å². The molecule has 0 spiro atoms. The summed E-state index contributed by atoms with van der Waals surface area (Å²) in [5, 5.41) is 0. The molecule has 1 aromatic carbocycles. The van der Waals surface area contributed by atoms with Crippen molar-refractivity contribution in [2.45, 2.75) is 95.0 Å². The molecule has 4 atom stereocenters. The Balaban J connectivity index is 1.70. The summed E-state index contributed by atoms with van der Waals surface area (Å²) in [5.74, 6) is -0.186. The lowest BCUT2D eigenvalue weighted by Crippen LogP contribution is -2.35. The number of carbonyl (C=O) groups is 1. The molecule has 7 nitrogen and oxygen atoms in total. The molecule has 0 bridgehead atoms. The second kappa shape index (κ2) is 12.1. The van der Waals surface area contributed by atoms with E-state index in [1.165, 1.54) is 6.92 Å². The zero-order valence-electron chi connectivity index (χ0n) is 19.2. The average molecular weight is 469 g/mol. The molecule has 3 rings (SSSR count). The van der Waals surface area contributed by atoms with E-state index in [2.05, 4.69) is 0 Å². The summed E-state index contributed by atoms with van der Waals surface area (Å²) in [4.78, 5) is 11.8. The maximum atomic E-state index is 12.7. The molecule has 0 radical (unpaired) electrons. The van der Waals surface area contributed by atoms with Crippen molar-refractivity contribution in [1.29, 1.82) is 0 Å². The molecule has 180 valence electrons. The zero-order valence-corrected chi connectivity index (χ0v) is 20.0. The Morgan fingerprint density at radius 2 is 1.78 bits per heavy atom. The van der Waals surface area contributed by atoms with Gasteiger partial charge in [-0.15, -0.1) is 0 Å². The van der Waals surface area contributed by atoms with Crippen LogP contribution in [0.3, 0.4) is 0 Å². The third-order valence-electron chi connectivity index (χ3n) is 6.17. The van der Waals surface area contributed by atoms with Gasteiger partial charge in [-0.25, -0.2) is 0 Å². The topological polar surface area (TPSA) is 88.1 Å². The molecule has 8 heteroatoms. The molecule has 0 N–H and O–H groups in total. The minimum absolute atomic E-state index is 0.0978. The van der Waals surface area contributed by atoms with Gasteiger partial charge in [0.1, 0.15) is 6.10 Å². The molecule has 0 amide bonds. The van der Waals surface area contributed by atoms with Crippen molar-refractivity contribution in [2.24, 2.45) is 5.92 Å². The maximum absolute atomic E-state index is 12.7. The SMILES string of the molecule is CC(=O)O[C@H]1CCCCC[C@H]1CC(COS(=O)(=O)c1ccc(C)cc1)OC1CCCCO1. The van der Waals surface area contributed by atoms with E-state index in [9.17, 15) is 13.2 Å². The molecule has 2 unspecified atom stereocenters. The summed E-state index contributed by atoms with van der Waals surface area (Å²) in [5.41, 5.74) is 0.976. The monoisotopic (exact) mass is 468 g/mol. The fourth-order valence-corrected chi connectivity index (χ4v) is 5.40. The molecule has 1 aromatic rings. The first-order valence-electron chi connectivity index (χ1n) is 11.7. The first-order valence-corrected chi connectivity index (χ1v) is 13.1. The number of rotatable bonds is 9. The third kappa shape index (κ3) is 7.83. The first kappa shape index (κ1) is 25.1. The van der Waals surface area contributed by atoms with Gasteiger partial charge in [0.25, 0.3) is 10.1 Å². The van der Waals surface area contributed by atoms with Crippen molar-refractivity contribution in [3.05, 3.63) is 29.8 Å². The van der Waals surface area contributed by atoms with Crippen LogP contribution in [0.2, 0.25) is 0 Å². The van der Waals surface area contributed by atoms with Crippen LogP contribution < -0.4 is 0 Å². The lowest BCUT2D eigenvalue weighted by atomic mass is 9.91. The quantitative estimate of drug-likeness (QED) is 0.299. The minimum atomic E-state index is -3.90. The normalized spacial score (nSPS) is 25.6. The van der Waals surface area contributed by atoms with Crippen molar-refractivity contribution in [3.63, 3.8) is 0 Å². The molecule has 1 saturated carbocycles. The summed E-state index contributed by atoms with van der Waals surface area (Å²) in [7, 11) is -3.90. The molecule has 1 aliphatic heterocycles. The van der Waals surface area contributed by atoms with Gasteiger partial charge >= 0.3 is 5.97 Å². The van der Waals surface area contributed by atoms with E-state index in [1.54, 1.807) is 24.3 Å². The average Bonchev–Trinajstić information content (AvgIpc) is 2.98. The Bertz CT molecular complexity index is 815. The highest BCUT2D eigenvalue weighted by atomic mass is 32.2. The van der Waals surface area contributed by atoms with Crippen molar-refractivity contribution >= 4 is 16.1 Å². The van der Waals surface area contributed by atoms with E-state index in [0.717, 1.165) is 56.9 Å². The van der Waals surface area contributed by atoms with Gasteiger partial charge in [0.15, 0.2) is 6.29 Å². The number of esters is 1. The van der Waals surface area contributed by atoms with E-state index in [1.807, 2.05) is 6.92 Å². The molecule has 2 fully saturated rings. The first-order chi connectivity index (χ1) is 15.3. The van der Waals surface area contributed by atoms with Crippen LogP contribution in [0.25, 0.3) is 0 Å². The van der Waals surface area contributed by atoms with Crippen LogP contribution in [-0.4, -0.2) is 46.1 Å². The van der Waals surface area contributed by atoms with Crippen molar-refractivity contribution in [3.8, 4) is 0 Å². The van der Waals surface area contributed by atoms with Gasteiger partial charge in [0.05, 0.1) is 17.6 Å². The highest BCUT2D eigenvalue weighted by molar-refractivity contribution is 7.86. The Morgan fingerprint density at radius 3 is 2.47 bits per heavy atom. The Kier molecular flexibility index (Phi) is 9.52. The van der Waals surface area contributed by atoms with Crippen LogP contribution in [0.1, 0.15) is 70.3 Å². The van der Waals surface area contributed by atoms with Crippen molar-refractivity contribution < 1.29 is 31.6 Å². The molecule has 1 saturated heterocycles. The van der Waals surface area contributed by atoms with E-state index >= 15 is 0 Å². The number of aryl methyl sites for hydroxylation is 1. The number of hydrogen-bond donors (Lipinski definition) is 0. The number of benzene rings is 1. The minimum Gasteiger partial charge on any atom is -0.462 e. The second-order valence-electron chi connectivity index (χ2n) is 8.89. The van der Waals surface area contributed by atoms with E-state index in [4.69, 9.17) is 18.4 Å². The summed E-state index contributed by atoms with van der Waals surface area (Å²) < 4.78 is 48.4. The molecule has 1 heterocycles. The fraction of sp³-hybridized carbons (Fsp3) is 0.708. The standard InChI is InChI=1S/C24H36O7S/c1-18-11-13-22(14-12-18)32(26,27)29-17-21(31-24-10-6-7-15-28-24)16-20-8-4-3-5-9-23(20)30-19(2)25/h11-14,20-21,23-24H,3-10,15-17H2,1-2H3/t20-,21?,23-,24?/m0/s1.